The Kier molecular flexibility index (Phi) is 5.31. The van der Waals surface area contributed by atoms with Gasteiger partial charge in [0.2, 0.25) is 5.95 Å². The summed E-state index contributed by atoms with van der Waals surface area (Å²) >= 11 is 1.09. The molecule has 11 heteroatoms. The SMILES string of the molecule is C[C@@H](O)CNC(=O)c1ccc2c(c1)nc(Nc1nc3ccc(C(F)(F)F)cc3s1)n2C. The van der Waals surface area contributed by atoms with Gasteiger partial charge >= 0.3 is 6.18 Å². The number of alkyl halides is 3. The van der Waals surface area contributed by atoms with Crippen molar-refractivity contribution in [2.45, 2.75) is 19.2 Å². The van der Waals surface area contributed by atoms with Gasteiger partial charge in [0.05, 0.1) is 32.9 Å². The normalized spacial score (nSPS) is 13.0. The lowest BCUT2D eigenvalue weighted by Crippen LogP contribution is -2.30. The highest BCUT2D eigenvalue weighted by Gasteiger charge is 2.30. The molecule has 0 unspecified atom stereocenters. The smallest absolute Gasteiger partial charge is 0.392 e. The number of nitrogens with one attached hydrogen (secondary N) is 2. The number of thiazole rings is 1. The number of carbonyl (C=O) groups excluding carboxylic acids is 1. The molecule has 7 nitrogen and oxygen atoms in total. The molecule has 0 saturated carbocycles. The van der Waals surface area contributed by atoms with E-state index < -0.39 is 17.8 Å². The van der Waals surface area contributed by atoms with Crippen LogP contribution in [0.5, 0.6) is 0 Å². The van der Waals surface area contributed by atoms with Gasteiger partial charge in [0.1, 0.15) is 0 Å². The summed E-state index contributed by atoms with van der Waals surface area (Å²) in [4.78, 5) is 21.0. The van der Waals surface area contributed by atoms with Crippen molar-refractivity contribution in [3.8, 4) is 0 Å². The molecule has 31 heavy (non-hydrogen) atoms. The summed E-state index contributed by atoms with van der Waals surface area (Å²) in [5, 5.41) is 15.4. The Hall–Kier alpha value is -3.18. The zero-order chi connectivity index (χ0) is 22.3. The monoisotopic (exact) mass is 449 g/mol. The second kappa shape index (κ2) is 7.82. The molecule has 0 saturated heterocycles. The Morgan fingerprint density at radius 3 is 2.68 bits per heavy atom. The molecular formula is C20H18F3N5O2S. The molecule has 0 aliphatic rings. The van der Waals surface area contributed by atoms with Gasteiger partial charge in [-0.25, -0.2) is 9.97 Å². The maximum atomic E-state index is 12.9. The van der Waals surface area contributed by atoms with Crippen LogP contribution in [0.3, 0.4) is 0 Å². The van der Waals surface area contributed by atoms with Crippen LogP contribution >= 0.6 is 11.3 Å². The van der Waals surface area contributed by atoms with Crippen molar-refractivity contribution in [1.82, 2.24) is 19.9 Å². The zero-order valence-electron chi connectivity index (χ0n) is 16.5. The average Bonchev–Trinajstić information content (AvgIpc) is 3.25. The van der Waals surface area contributed by atoms with E-state index >= 15 is 0 Å². The number of amides is 1. The zero-order valence-corrected chi connectivity index (χ0v) is 17.3. The Balaban J connectivity index is 1.61. The molecule has 1 amide bonds. The van der Waals surface area contributed by atoms with Crippen molar-refractivity contribution in [2.75, 3.05) is 11.9 Å². The number of aliphatic hydroxyl groups is 1. The summed E-state index contributed by atoms with van der Waals surface area (Å²) in [6.45, 7) is 1.71. The van der Waals surface area contributed by atoms with Crippen molar-refractivity contribution in [3.05, 3.63) is 47.5 Å². The summed E-state index contributed by atoms with van der Waals surface area (Å²) in [6.07, 6.45) is -5.07. The van der Waals surface area contributed by atoms with E-state index in [0.717, 1.165) is 29.0 Å². The molecule has 0 aliphatic carbocycles. The van der Waals surface area contributed by atoms with Crippen LogP contribution in [0, 0.1) is 0 Å². The lowest BCUT2D eigenvalue weighted by atomic mass is 10.2. The number of nitrogens with zero attached hydrogens (tertiary/aromatic N) is 3. The fourth-order valence-electron chi connectivity index (χ4n) is 3.05. The second-order valence-corrected chi connectivity index (χ2v) is 8.11. The first kappa shape index (κ1) is 21.1. The number of hydrogen-bond acceptors (Lipinski definition) is 6. The van der Waals surface area contributed by atoms with Crippen LogP contribution in [0.2, 0.25) is 0 Å². The van der Waals surface area contributed by atoms with Crippen molar-refractivity contribution in [2.24, 2.45) is 7.05 Å². The van der Waals surface area contributed by atoms with Crippen LogP contribution in [-0.2, 0) is 13.2 Å². The quantitative estimate of drug-likeness (QED) is 0.428. The minimum atomic E-state index is -4.41. The largest absolute Gasteiger partial charge is 0.416 e. The molecule has 2 aromatic heterocycles. The van der Waals surface area contributed by atoms with Crippen LogP contribution in [0.1, 0.15) is 22.8 Å². The maximum Gasteiger partial charge on any atom is 0.416 e. The predicted octanol–water partition coefficient (Wildman–Crippen LogP) is 4.06. The van der Waals surface area contributed by atoms with Crippen LogP contribution in [0.25, 0.3) is 21.3 Å². The second-order valence-electron chi connectivity index (χ2n) is 7.08. The number of aromatic nitrogens is 3. The lowest BCUT2D eigenvalue weighted by molar-refractivity contribution is -0.137. The van der Waals surface area contributed by atoms with Crippen molar-refractivity contribution >= 4 is 49.6 Å². The van der Waals surface area contributed by atoms with E-state index in [-0.39, 0.29) is 12.5 Å². The molecular weight excluding hydrogens is 431 g/mol. The number of hydrogen-bond donors (Lipinski definition) is 3. The minimum absolute atomic E-state index is 0.138. The first-order chi connectivity index (χ1) is 14.6. The molecule has 0 radical (unpaired) electrons. The van der Waals surface area contributed by atoms with E-state index in [1.807, 2.05) is 0 Å². The third kappa shape index (κ3) is 4.32. The number of halogens is 3. The van der Waals surface area contributed by atoms with Crippen molar-refractivity contribution in [3.63, 3.8) is 0 Å². The van der Waals surface area contributed by atoms with E-state index in [9.17, 15) is 23.1 Å². The molecule has 0 spiro atoms. The van der Waals surface area contributed by atoms with Gasteiger partial charge in [0.15, 0.2) is 5.13 Å². The lowest BCUT2D eigenvalue weighted by Gasteiger charge is -2.07. The number of rotatable bonds is 5. The van der Waals surface area contributed by atoms with Crippen LogP contribution < -0.4 is 10.6 Å². The van der Waals surface area contributed by atoms with Gasteiger partial charge in [-0.1, -0.05) is 11.3 Å². The average molecular weight is 449 g/mol. The Morgan fingerprint density at radius 2 is 1.97 bits per heavy atom. The van der Waals surface area contributed by atoms with Gasteiger partial charge < -0.3 is 20.3 Å². The summed E-state index contributed by atoms with van der Waals surface area (Å²) < 4.78 is 41.0. The van der Waals surface area contributed by atoms with Gasteiger partial charge in [-0.3, -0.25) is 4.79 Å². The molecule has 2 heterocycles. The summed E-state index contributed by atoms with van der Waals surface area (Å²) in [7, 11) is 1.78. The highest BCUT2D eigenvalue weighted by atomic mass is 32.1. The van der Waals surface area contributed by atoms with E-state index in [1.165, 1.54) is 6.07 Å². The van der Waals surface area contributed by atoms with Crippen LogP contribution in [-0.4, -0.2) is 38.2 Å². The molecule has 0 aliphatic heterocycles. The number of imidazole rings is 1. The fraction of sp³-hybridized carbons (Fsp3) is 0.250. The van der Waals surface area contributed by atoms with E-state index in [2.05, 4.69) is 20.6 Å². The van der Waals surface area contributed by atoms with E-state index in [4.69, 9.17) is 0 Å². The molecule has 0 fully saturated rings. The first-order valence-electron chi connectivity index (χ1n) is 9.29. The predicted molar refractivity (Wildman–Crippen MR) is 113 cm³/mol. The summed E-state index contributed by atoms with van der Waals surface area (Å²) in [6, 6.07) is 8.45. The van der Waals surface area contributed by atoms with Gasteiger partial charge in [0.25, 0.3) is 5.91 Å². The van der Waals surface area contributed by atoms with E-state index in [0.29, 0.717) is 32.4 Å². The van der Waals surface area contributed by atoms with Gasteiger partial charge in [-0.15, -0.1) is 0 Å². The fourth-order valence-corrected chi connectivity index (χ4v) is 3.94. The molecule has 4 aromatic rings. The maximum absolute atomic E-state index is 12.9. The van der Waals surface area contributed by atoms with Gasteiger partial charge in [0, 0.05) is 19.2 Å². The third-order valence-electron chi connectivity index (χ3n) is 4.64. The van der Waals surface area contributed by atoms with Gasteiger partial charge in [-0.05, 0) is 43.3 Å². The summed E-state index contributed by atoms with van der Waals surface area (Å²) in [5.74, 6) is 0.112. The molecule has 162 valence electrons. The number of fused-ring (bicyclic) bond motifs is 2. The van der Waals surface area contributed by atoms with Crippen molar-refractivity contribution < 1.29 is 23.1 Å². The highest BCUT2D eigenvalue weighted by molar-refractivity contribution is 7.22. The molecule has 1 atom stereocenters. The molecule has 3 N–H and O–H groups in total. The highest BCUT2D eigenvalue weighted by Crippen LogP contribution is 2.35. The minimum Gasteiger partial charge on any atom is -0.392 e. The molecule has 4 rings (SSSR count). The number of aryl methyl sites for hydroxylation is 1. The Bertz CT molecular complexity index is 1280. The standard InChI is InChI=1S/C20H18F3N5O2S/c1-10(29)9-24-17(30)11-3-6-15-14(7-11)25-18(28(15)2)27-19-26-13-5-4-12(20(21,22)23)8-16(13)31-19/h3-8,10,29H,9H2,1-2H3,(H,24,30)(H,25,26,27)/t10-/m1/s1. The number of carbonyl (C=O) groups is 1. The molecule has 0 bridgehead atoms. The Morgan fingerprint density at radius 1 is 1.19 bits per heavy atom. The van der Waals surface area contributed by atoms with Crippen LogP contribution in [0.4, 0.5) is 24.3 Å². The van der Waals surface area contributed by atoms with E-state index in [1.54, 1.807) is 36.7 Å². The summed E-state index contributed by atoms with van der Waals surface area (Å²) in [5.41, 5.74) is 1.46. The topological polar surface area (TPSA) is 92.1 Å². The van der Waals surface area contributed by atoms with Crippen molar-refractivity contribution in [1.29, 1.82) is 0 Å². The van der Waals surface area contributed by atoms with Gasteiger partial charge in [-0.2, -0.15) is 13.2 Å². The Labute approximate surface area is 178 Å². The number of benzene rings is 2. The first-order valence-corrected chi connectivity index (χ1v) is 10.1. The number of anilines is 2. The number of aliphatic hydroxyl groups excluding tert-OH is 1. The molecule has 2 aromatic carbocycles. The third-order valence-corrected chi connectivity index (χ3v) is 5.57. The van der Waals surface area contributed by atoms with Crippen LogP contribution in [0.15, 0.2) is 36.4 Å².